The lowest BCUT2D eigenvalue weighted by Gasteiger charge is -2.30. The Balaban J connectivity index is 2.27. The third kappa shape index (κ3) is 1.15. The Morgan fingerprint density at radius 3 is 3.00 bits per heavy atom. The van der Waals surface area contributed by atoms with Crippen LogP contribution in [-0.4, -0.2) is 36.1 Å². The highest BCUT2D eigenvalue weighted by Crippen LogP contribution is 2.49. The molecule has 74 valence electrons. The average Bonchev–Trinajstić information content (AvgIpc) is 2.57. The SMILES string of the molecule is C[C@]12CCO[C@H]1C=C(CO)[C@H]2CO. The largest absolute Gasteiger partial charge is 0.396 e. The summed E-state index contributed by atoms with van der Waals surface area (Å²) in [5.41, 5.74) is 0.960. The van der Waals surface area contributed by atoms with E-state index in [0.29, 0.717) is 0 Å². The van der Waals surface area contributed by atoms with E-state index in [1.165, 1.54) is 0 Å². The maximum Gasteiger partial charge on any atom is 0.0820 e. The first-order valence-corrected chi connectivity index (χ1v) is 4.76. The number of rotatable bonds is 2. The monoisotopic (exact) mass is 184 g/mol. The number of hydrogen-bond donors (Lipinski definition) is 2. The van der Waals surface area contributed by atoms with Crippen molar-refractivity contribution in [2.45, 2.75) is 19.4 Å². The summed E-state index contributed by atoms with van der Waals surface area (Å²) in [5, 5.41) is 18.4. The number of fused-ring (bicyclic) bond motifs is 1. The van der Waals surface area contributed by atoms with Gasteiger partial charge in [0.1, 0.15) is 0 Å². The van der Waals surface area contributed by atoms with E-state index in [9.17, 15) is 5.11 Å². The maximum atomic E-state index is 9.27. The number of aliphatic hydroxyl groups excluding tert-OH is 2. The van der Waals surface area contributed by atoms with Gasteiger partial charge in [0.15, 0.2) is 0 Å². The lowest BCUT2D eigenvalue weighted by Crippen LogP contribution is -2.32. The van der Waals surface area contributed by atoms with E-state index in [1.54, 1.807) is 0 Å². The van der Waals surface area contributed by atoms with Gasteiger partial charge in [0.2, 0.25) is 0 Å². The zero-order chi connectivity index (χ0) is 9.47. The molecule has 2 rings (SSSR count). The Bertz CT molecular complexity index is 236. The molecule has 3 heteroatoms. The molecule has 0 amide bonds. The lowest BCUT2D eigenvalue weighted by molar-refractivity contribution is 0.0656. The Morgan fingerprint density at radius 2 is 2.38 bits per heavy atom. The summed E-state index contributed by atoms with van der Waals surface area (Å²) in [5.74, 6) is 0.0880. The fraction of sp³-hybridized carbons (Fsp3) is 0.800. The van der Waals surface area contributed by atoms with E-state index in [-0.39, 0.29) is 30.7 Å². The quantitative estimate of drug-likeness (QED) is 0.608. The zero-order valence-electron chi connectivity index (χ0n) is 7.86. The van der Waals surface area contributed by atoms with Crippen molar-refractivity contribution in [1.82, 2.24) is 0 Å². The molecule has 13 heavy (non-hydrogen) atoms. The first-order valence-electron chi connectivity index (χ1n) is 4.76. The van der Waals surface area contributed by atoms with Gasteiger partial charge in [-0.2, -0.15) is 0 Å². The Labute approximate surface area is 78.0 Å². The van der Waals surface area contributed by atoms with Crippen molar-refractivity contribution in [1.29, 1.82) is 0 Å². The van der Waals surface area contributed by atoms with Crippen LogP contribution in [0.1, 0.15) is 13.3 Å². The van der Waals surface area contributed by atoms with Gasteiger partial charge in [-0.25, -0.2) is 0 Å². The topological polar surface area (TPSA) is 49.7 Å². The summed E-state index contributed by atoms with van der Waals surface area (Å²) in [4.78, 5) is 0. The fourth-order valence-corrected chi connectivity index (χ4v) is 2.57. The van der Waals surface area contributed by atoms with Crippen LogP contribution < -0.4 is 0 Å². The molecule has 3 atom stereocenters. The van der Waals surface area contributed by atoms with Gasteiger partial charge < -0.3 is 14.9 Å². The predicted octanol–water partition coefficient (Wildman–Crippen LogP) is 0.322. The molecule has 0 saturated carbocycles. The molecule has 1 saturated heterocycles. The first-order chi connectivity index (χ1) is 6.22. The molecule has 3 nitrogen and oxygen atoms in total. The number of ether oxygens (including phenoxy) is 1. The molecule has 0 aromatic carbocycles. The Kier molecular flexibility index (Phi) is 2.18. The van der Waals surface area contributed by atoms with Crippen molar-refractivity contribution < 1.29 is 14.9 Å². The van der Waals surface area contributed by atoms with Gasteiger partial charge in [0.05, 0.1) is 19.3 Å². The second-order valence-electron chi connectivity index (χ2n) is 4.18. The van der Waals surface area contributed by atoms with Crippen molar-refractivity contribution in [2.75, 3.05) is 19.8 Å². The number of aliphatic hydroxyl groups is 2. The normalized spacial score (nSPS) is 43.5. The molecule has 1 aliphatic carbocycles. The summed E-state index contributed by atoms with van der Waals surface area (Å²) in [6, 6.07) is 0. The molecule has 0 unspecified atom stereocenters. The molecule has 2 aliphatic rings. The summed E-state index contributed by atoms with van der Waals surface area (Å²) < 4.78 is 5.55. The standard InChI is InChI=1S/C10H16O3/c1-10-2-3-13-9(10)4-7(5-11)8(10)6-12/h4,8-9,11-12H,2-3,5-6H2,1H3/t8-,9+,10-/m1/s1. The summed E-state index contributed by atoms with van der Waals surface area (Å²) in [6.07, 6.45) is 3.06. The van der Waals surface area contributed by atoms with Gasteiger partial charge in [-0.15, -0.1) is 0 Å². The molecule has 0 aromatic heterocycles. The molecular weight excluding hydrogens is 168 g/mol. The summed E-state index contributed by atoms with van der Waals surface area (Å²) >= 11 is 0. The van der Waals surface area contributed by atoms with Crippen LogP contribution in [-0.2, 0) is 4.74 Å². The maximum absolute atomic E-state index is 9.27. The van der Waals surface area contributed by atoms with Crippen LogP contribution in [0.25, 0.3) is 0 Å². The van der Waals surface area contributed by atoms with Crippen LogP contribution >= 0.6 is 0 Å². The van der Waals surface area contributed by atoms with E-state index >= 15 is 0 Å². The van der Waals surface area contributed by atoms with E-state index in [0.717, 1.165) is 18.6 Å². The van der Waals surface area contributed by atoms with E-state index in [2.05, 4.69) is 6.92 Å². The molecule has 0 radical (unpaired) electrons. The average molecular weight is 184 g/mol. The summed E-state index contributed by atoms with van der Waals surface area (Å²) in [6.45, 7) is 3.06. The van der Waals surface area contributed by atoms with Crippen molar-refractivity contribution in [3.8, 4) is 0 Å². The van der Waals surface area contributed by atoms with Crippen molar-refractivity contribution in [3.05, 3.63) is 11.6 Å². The molecule has 1 aliphatic heterocycles. The molecule has 1 heterocycles. The lowest BCUT2D eigenvalue weighted by atomic mass is 9.75. The van der Waals surface area contributed by atoms with E-state index in [4.69, 9.17) is 9.84 Å². The molecule has 0 spiro atoms. The zero-order valence-corrected chi connectivity index (χ0v) is 7.86. The van der Waals surface area contributed by atoms with Crippen LogP contribution in [0.4, 0.5) is 0 Å². The fourth-order valence-electron chi connectivity index (χ4n) is 2.57. The minimum atomic E-state index is 0.0206. The third-order valence-corrected chi connectivity index (χ3v) is 3.56. The molecule has 2 N–H and O–H groups in total. The summed E-state index contributed by atoms with van der Waals surface area (Å²) in [7, 11) is 0. The first kappa shape index (κ1) is 9.19. The van der Waals surface area contributed by atoms with Gasteiger partial charge >= 0.3 is 0 Å². The Morgan fingerprint density at radius 1 is 1.62 bits per heavy atom. The minimum absolute atomic E-state index is 0.0206. The molecule has 0 bridgehead atoms. The molecule has 1 fully saturated rings. The smallest absolute Gasteiger partial charge is 0.0820 e. The minimum Gasteiger partial charge on any atom is -0.396 e. The van der Waals surface area contributed by atoms with Gasteiger partial charge in [-0.05, 0) is 12.0 Å². The van der Waals surface area contributed by atoms with Crippen LogP contribution in [0.2, 0.25) is 0 Å². The van der Waals surface area contributed by atoms with Crippen LogP contribution in [0, 0.1) is 11.3 Å². The van der Waals surface area contributed by atoms with Gasteiger partial charge in [0.25, 0.3) is 0 Å². The highest BCUT2D eigenvalue weighted by Gasteiger charge is 2.50. The van der Waals surface area contributed by atoms with Crippen LogP contribution in [0.3, 0.4) is 0 Å². The van der Waals surface area contributed by atoms with Crippen LogP contribution in [0.15, 0.2) is 11.6 Å². The second kappa shape index (κ2) is 3.08. The van der Waals surface area contributed by atoms with Crippen molar-refractivity contribution in [2.24, 2.45) is 11.3 Å². The molecule has 0 aromatic rings. The highest BCUT2D eigenvalue weighted by atomic mass is 16.5. The van der Waals surface area contributed by atoms with Crippen LogP contribution in [0.5, 0.6) is 0 Å². The van der Waals surface area contributed by atoms with Crippen molar-refractivity contribution in [3.63, 3.8) is 0 Å². The molecular formula is C10H16O3. The second-order valence-corrected chi connectivity index (χ2v) is 4.18. The Hall–Kier alpha value is -0.380. The van der Waals surface area contributed by atoms with Gasteiger partial charge in [-0.3, -0.25) is 0 Å². The van der Waals surface area contributed by atoms with Gasteiger partial charge in [-0.1, -0.05) is 13.0 Å². The third-order valence-electron chi connectivity index (χ3n) is 3.56. The predicted molar refractivity (Wildman–Crippen MR) is 48.2 cm³/mol. The number of hydrogen-bond acceptors (Lipinski definition) is 3. The van der Waals surface area contributed by atoms with Gasteiger partial charge in [0, 0.05) is 17.9 Å². The van der Waals surface area contributed by atoms with E-state index in [1.807, 2.05) is 6.08 Å². The highest BCUT2D eigenvalue weighted by molar-refractivity contribution is 5.25. The van der Waals surface area contributed by atoms with Crippen molar-refractivity contribution >= 4 is 0 Å². The van der Waals surface area contributed by atoms with E-state index < -0.39 is 0 Å².